The summed E-state index contributed by atoms with van der Waals surface area (Å²) in [5.74, 6) is 0.664. The van der Waals surface area contributed by atoms with Crippen LogP contribution < -0.4 is 5.32 Å². The van der Waals surface area contributed by atoms with Crippen LogP contribution in [-0.4, -0.2) is 30.0 Å². The van der Waals surface area contributed by atoms with Crippen LogP contribution in [0.15, 0.2) is 18.3 Å². The molecule has 0 aliphatic carbocycles. The number of hydrogen-bond acceptors (Lipinski definition) is 3. The summed E-state index contributed by atoms with van der Waals surface area (Å²) in [6, 6.07) is 4.65. The summed E-state index contributed by atoms with van der Waals surface area (Å²) in [5, 5.41) is 3.13. The van der Waals surface area contributed by atoms with Crippen molar-refractivity contribution in [2.45, 2.75) is 33.4 Å². The second-order valence-corrected chi connectivity index (χ2v) is 4.69. The highest BCUT2D eigenvalue weighted by Gasteiger charge is 2.13. The Hall–Kier alpha value is -1.09. The van der Waals surface area contributed by atoms with Gasteiger partial charge in [-0.1, -0.05) is 13.8 Å². The molecular weight excluding hydrogens is 198 g/mol. The van der Waals surface area contributed by atoms with E-state index in [9.17, 15) is 0 Å². The molecule has 90 valence electrons. The van der Waals surface area contributed by atoms with Gasteiger partial charge in [-0.3, -0.25) is 9.88 Å². The van der Waals surface area contributed by atoms with Gasteiger partial charge in [-0.15, -0.1) is 0 Å². The Morgan fingerprint density at radius 3 is 2.62 bits per heavy atom. The number of nitrogens with zero attached hydrogens (tertiary/aromatic N) is 2. The third-order valence-electron chi connectivity index (χ3n) is 3.18. The van der Waals surface area contributed by atoms with Crippen molar-refractivity contribution in [2.24, 2.45) is 5.92 Å². The number of anilines is 1. The van der Waals surface area contributed by atoms with Gasteiger partial charge in [0, 0.05) is 31.5 Å². The molecule has 0 amide bonds. The van der Waals surface area contributed by atoms with E-state index in [-0.39, 0.29) is 0 Å². The number of aromatic nitrogens is 1. The first-order valence-electron chi connectivity index (χ1n) is 5.87. The van der Waals surface area contributed by atoms with Crippen molar-refractivity contribution in [1.29, 1.82) is 0 Å². The van der Waals surface area contributed by atoms with E-state index >= 15 is 0 Å². The smallest absolute Gasteiger partial charge is 0.0564 e. The van der Waals surface area contributed by atoms with Gasteiger partial charge in [-0.2, -0.15) is 0 Å². The highest BCUT2D eigenvalue weighted by atomic mass is 15.1. The fourth-order valence-corrected chi connectivity index (χ4v) is 1.63. The van der Waals surface area contributed by atoms with Gasteiger partial charge in [0.25, 0.3) is 0 Å². The highest BCUT2D eigenvalue weighted by Crippen LogP contribution is 2.13. The number of hydrogen-bond donors (Lipinski definition) is 1. The first kappa shape index (κ1) is 13.0. The Balaban J connectivity index is 2.65. The average Bonchev–Trinajstić information content (AvgIpc) is 2.28. The zero-order valence-electron chi connectivity index (χ0n) is 11.0. The molecule has 0 aliphatic rings. The first-order chi connectivity index (χ1) is 7.54. The molecular formula is C13H23N3. The van der Waals surface area contributed by atoms with Crippen molar-refractivity contribution in [1.82, 2.24) is 9.88 Å². The van der Waals surface area contributed by atoms with Crippen LogP contribution in [0.4, 0.5) is 5.69 Å². The van der Waals surface area contributed by atoms with E-state index in [0.29, 0.717) is 12.0 Å². The molecule has 0 aliphatic heterocycles. The predicted octanol–water partition coefficient (Wildman–Crippen LogP) is 2.60. The third kappa shape index (κ3) is 3.49. The first-order valence-corrected chi connectivity index (χ1v) is 5.87. The molecule has 0 radical (unpaired) electrons. The van der Waals surface area contributed by atoms with Gasteiger partial charge < -0.3 is 5.32 Å². The second kappa shape index (κ2) is 5.85. The van der Waals surface area contributed by atoms with E-state index in [2.05, 4.69) is 49.1 Å². The van der Waals surface area contributed by atoms with Crippen molar-refractivity contribution in [3.63, 3.8) is 0 Å². The van der Waals surface area contributed by atoms with Crippen LogP contribution in [0.2, 0.25) is 0 Å². The number of nitrogens with one attached hydrogen (secondary N) is 1. The summed E-state index contributed by atoms with van der Waals surface area (Å²) in [6.45, 7) is 7.65. The molecule has 3 nitrogen and oxygen atoms in total. The van der Waals surface area contributed by atoms with Gasteiger partial charge in [0.1, 0.15) is 0 Å². The molecule has 0 bridgehead atoms. The van der Waals surface area contributed by atoms with Crippen LogP contribution in [0.1, 0.15) is 26.5 Å². The van der Waals surface area contributed by atoms with E-state index in [0.717, 1.165) is 17.9 Å². The molecule has 16 heavy (non-hydrogen) atoms. The molecule has 1 atom stereocenters. The molecule has 1 N–H and O–H groups in total. The van der Waals surface area contributed by atoms with Gasteiger partial charge in [-0.25, -0.2) is 0 Å². The highest BCUT2D eigenvalue weighted by molar-refractivity contribution is 5.42. The molecule has 0 saturated carbocycles. The summed E-state index contributed by atoms with van der Waals surface area (Å²) >= 11 is 0. The van der Waals surface area contributed by atoms with Gasteiger partial charge >= 0.3 is 0 Å². The summed E-state index contributed by atoms with van der Waals surface area (Å²) in [4.78, 5) is 6.73. The minimum atomic E-state index is 0.569. The van der Waals surface area contributed by atoms with E-state index < -0.39 is 0 Å². The molecule has 0 spiro atoms. The van der Waals surface area contributed by atoms with Crippen LogP contribution in [-0.2, 0) is 6.54 Å². The van der Waals surface area contributed by atoms with E-state index in [4.69, 9.17) is 0 Å². The molecule has 1 heterocycles. The standard InChI is InChI=1S/C13H23N3/c1-10(2)11(3)16(5)9-13-8-12(14-4)6-7-15-13/h6-8,10-11H,9H2,1-5H3,(H,14,15). The van der Waals surface area contributed by atoms with Gasteiger partial charge in [0.2, 0.25) is 0 Å². The maximum atomic E-state index is 4.39. The normalized spacial score (nSPS) is 13.2. The molecule has 1 aromatic rings. The van der Waals surface area contributed by atoms with E-state index in [1.807, 2.05) is 19.3 Å². The molecule has 3 heteroatoms. The zero-order chi connectivity index (χ0) is 12.1. The SMILES string of the molecule is CNc1ccnc(CN(C)C(C)C(C)C)c1. The Bertz CT molecular complexity index is 323. The van der Waals surface area contributed by atoms with Gasteiger partial charge in [-0.05, 0) is 32.0 Å². The fourth-order valence-electron chi connectivity index (χ4n) is 1.63. The molecule has 0 aromatic carbocycles. The summed E-state index contributed by atoms with van der Waals surface area (Å²) in [6.07, 6.45) is 1.86. The van der Waals surface area contributed by atoms with Crippen molar-refractivity contribution >= 4 is 5.69 Å². The molecule has 0 saturated heterocycles. The van der Waals surface area contributed by atoms with Crippen LogP contribution in [0.25, 0.3) is 0 Å². The zero-order valence-corrected chi connectivity index (χ0v) is 11.0. The van der Waals surface area contributed by atoms with Crippen LogP contribution in [0.5, 0.6) is 0 Å². The molecule has 1 unspecified atom stereocenters. The summed E-state index contributed by atoms with van der Waals surface area (Å²) < 4.78 is 0. The van der Waals surface area contributed by atoms with Gasteiger partial charge in [0.15, 0.2) is 0 Å². The lowest BCUT2D eigenvalue weighted by atomic mass is 10.1. The lowest BCUT2D eigenvalue weighted by Gasteiger charge is -2.27. The molecule has 1 rings (SSSR count). The molecule has 0 fully saturated rings. The van der Waals surface area contributed by atoms with Crippen molar-refractivity contribution in [3.05, 3.63) is 24.0 Å². The van der Waals surface area contributed by atoms with Crippen LogP contribution in [0.3, 0.4) is 0 Å². The van der Waals surface area contributed by atoms with E-state index in [1.165, 1.54) is 0 Å². The minimum Gasteiger partial charge on any atom is -0.388 e. The lowest BCUT2D eigenvalue weighted by molar-refractivity contribution is 0.198. The Morgan fingerprint density at radius 2 is 2.06 bits per heavy atom. The van der Waals surface area contributed by atoms with Crippen molar-refractivity contribution in [2.75, 3.05) is 19.4 Å². The fraction of sp³-hybridized carbons (Fsp3) is 0.615. The van der Waals surface area contributed by atoms with Crippen molar-refractivity contribution < 1.29 is 0 Å². The quantitative estimate of drug-likeness (QED) is 0.828. The van der Waals surface area contributed by atoms with E-state index in [1.54, 1.807) is 0 Å². The largest absolute Gasteiger partial charge is 0.388 e. The Kier molecular flexibility index (Phi) is 4.74. The number of rotatable bonds is 5. The summed E-state index contributed by atoms with van der Waals surface area (Å²) in [7, 11) is 4.08. The average molecular weight is 221 g/mol. The van der Waals surface area contributed by atoms with Crippen LogP contribution >= 0.6 is 0 Å². The Morgan fingerprint density at radius 1 is 1.38 bits per heavy atom. The third-order valence-corrected chi connectivity index (χ3v) is 3.18. The lowest BCUT2D eigenvalue weighted by Crippen LogP contribution is -2.32. The summed E-state index contributed by atoms with van der Waals surface area (Å²) in [5.41, 5.74) is 2.23. The van der Waals surface area contributed by atoms with Crippen molar-refractivity contribution in [3.8, 4) is 0 Å². The minimum absolute atomic E-state index is 0.569. The number of pyridine rings is 1. The van der Waals surface area contributed by atoms with Gasteiger partial charge in [0.05, 0.1) is 5.69 Å². The molecule has 1 aromatic heterocycles. The Labute approximate surface area is 98.9 Å². The maximum absolute atomic E-state index is 4.39. The van der Waals surface area contributed by atoms with Crippen LogP contribution in [0, 0.1) is 5.92 Å². The predicted molar refractivity (Wildman–Crippen MR) is 69.6 cm³/mol. The topological polar surface area (TPSA) is 28.2 Å². The second-order valence-electron chi connectivity index (χ2n) is 4.69. The monoisotopic (exact) mass is 221 g/mol. The maximum Gasteiger partial charge on any atom is 0.0564 e.